The zero-order valence-electron chi connectivity index (χ0n) is 13.8. The van der Waals surface area contributed by atoms with Gasteiger partial charge in [-0.05, 0) is 56.3 Å². The van der Waals surface area contributed by atoms with Crippen molar-refractivity contribution in [3.8, 4) is 5.75 Å². The van der Waals surface area contributed by atoms with E-state index in [-0.39, 0.29) is 11.0 Å². The lowest BCUT2D eigenvalue weighted by molar-refractivity contribution is 0.0595. The van der Waals surface area contributed by atoms with Gasteiger partial charge >= 0.3 is 5.97 Å². The van der Waals surface area contributed by atoms with Crippen molar-refractivity contribution < 1.29 is 18.7 Å². The van der Waals surface area contributed by atoms with Crippen LogP contribution in [-0.2, 0) is 4.74 Å². The number of hydrogen-bond acceptors (Lipinski definition) is 4. The summed E-state index contributed by atoms with van der Waals surface area (Å²) in [5.41, 5.74) is 1.04. The Morgan fingerprint density at radius 2 is 2.04 bits per heavy atom. The monoisotopic (exact) mass is 321 g/mol. The summed E-state index contributed by atoms with van der Waals surface area (Å²) in [5.74, 6) is -0.264. The number of esters is 1. The molecular formula is C18H24FNO3. The van der Waals surface area contributed by atoms with Gasteiger partial charge in [-0.2, -0.15) is 0 Å². The molecular weight excluding hydrogens is 297 g/mol. The molecule has 5 heteroatoms. The van der Waals surface area contributed by atoms with Crippen LogP contribution in [0.4, 0.5) is 4.39 Å². The van der Waals surface area contributed by atoms with Gasteiger partial charge in [0.15, 0.2) is 0 Å². The molecule has 2 aliphatic rings. The smallest absolute Gasteiger partial charge is 0.340 e. The van der Waals surface area contributed by atoms with Gasteiger partial charge in [0.2, 0.25) is 0 Å². The number of methoxy groups -OCH3 is 1. The Morgan fingerprint density at radius 3 is 2.65 bits per heavy atom. The summed E-state index contributed by atoms with van der Waals surface area (Å²) in [5, 5.41) is 3.35. The van der Waals surface area contributed by atoms with Crippen molar-refractivity contribution in [1.82, 2.24) is 5.32 Å². The molecule has 1 N–H and O–H groups in total. The van der Waals surface area contributed by atoms with Crippen LogP contribution in [0, 0.1) is 11.2 Å². The second-order valence-electron chi connectivity index (χ2n) is 6.99. The number of benzene rings is 1. The summed E-state index contributed by atoms with van der Waals surface area (Å²) in [6, 6.07) is 2.96. The van der Waals surface area contributed by atoms with Gasteiger partial charge in [0.05, 0.1) is 19.3 Å². The lowest BCUT2D eigenvalue weighted by Gasteiger charge is -2.34. The number of halogens is 1. The van der Waals surface area contributed by atoms with Crippen molar-refractivity contribution in [3.63, 3.8) is 0 Å². The summed E-state index contributed by atoms with van der Waals surface area (Å²) in [4.78, 5) is 11.7. The van der Waals surface area contributed by atoms with Crippen LogP contribution in [0.5, 0.6) is 5.75 Å². The molecule has 0 spiro atoms. The highest BCUT2D eigenvalue weighted by Crippen LogP contribution is 2.45. The van der Waals surface area contributed by atoms with E-state index in [2.05, 4.69) is 17.0 Å². The quantitative estimate of drug-likeness (QED) is 0.846. The molecule has 1 aliphatic carbocycles. The van der Waals surface area contributed by atoms with Gasteiger partial charge < -0.3 is 14.8 Å². The fourth-order valence-electron chi connectivity index (χ4n) is 3.10. The van der Waals surface area contributed by atoms with Crippen molar-refractivity contribution in [2.75, 3.05) is 26.8 Å². The summed E-state index contributed by atoms with van der Waals surface area (Å²) >= 11 is 0. The molecule has 126 valence electrons. The van der Waals surface area contributed by atoms with E-state index in [0.717, 1.165) is 44.3 Å². The molecule has 1 aromatic carbocycles. The number of carbonyl (C=O) groups is 1. The number of nitrogens with one attached hydrogen (secondary N) is 1. The van der Waals surface area contributed by atoms with Crippen LogP contribution in [0.3, 0.4) is 0 Å². The van der Waals surface area contributed by atoms with E-state index in [9.17, 15) is 9.18 Å². The summed E-state index contributed by atoms with van der Waals surface area (Å²) in [6.45, 7) is 4.77. The van der Waals surface area contributed by atoms with Crippen LogP contribution in [0.1, 0.15) is 54.4 Å². The second-order valence-corrected chi connectivity index (χ2v) is 6.99. The number of piperidine rings is 1. The number of ether oxygens (including phenoxy) is 2. The van der Waals surface area contributed by atoms with Crippen LogP contribution in [0.15, 0.2) is 12.1 Å². The minimum absolute atomic E-state index is 0.00479. The van der Waals surface area contributed by atoms with Crippen molar-refractivity contribution in [2.24, 2.45) is 5.41 Å². The SMILES string of the molecule is COC(=O)c1cc(C2CC2)c(OCC2(C)CCNCC2)cc1F. The van der Waals surface area contributed by atoms with E-state index in [4.69, 9.17) is 4.74 Å². The summed E-state index contributed by atoms with van der Waals surface area (Å²) < 4.78 is 24.9. The average Bonchev–Trinajstić information content (AvgIpc) is 3.38. The molecule has 0 atom stereocenters. The third-order valence-electron chi connectivity index (χ3n) is 4.91. The third-order valence-corrected chi connectivity index (χ3v) is 4.91. The van der Waals surface area contributed by atoms with Crippen molar-refractivity contribution >= 4 is 5.97 Å². The molecule has 0 unspecified atom stereocenters. The lowest BCUT2D eigenvalue weighted by Crippen LogP contribution is -2.38. The first-order valence-electron chi connectivity index (χ1n) is 8.28. The second kappa shape index (κ2) is 6.48. The maximum absolute atomic E-state index is 14.2. The average molecular weight is 321 g/mol. The minimum atomic E-state index is -0.638. The van der Waals surface area contributed by atoms with Crippen LogP contribution in [0.2, 0.25) is 0 Å². The van der Waals surface area contributed by atoms with E-state index in [1.54, 1.807) is 6.07 Å². The number of hydrogen-bond donors (Lipinski definition) is 1. The van der Waals surface area contributed by atoms with Crippen molar-refractivity contribution in [1.29, 1.82) is 0 Å². The summed E-state index contributed by atoms with van der Waals surface area (Å²) in [7, 11) is 1.26. The Kier molecular flexibility index (Phi) is 4.57. The predicted molar refractivity (Wildman–Crippen MR) is 85.4 cm³/mol. The van der Waals surface area contributed by atoms with Crippen LogP contribution in [-0.4, -0.2) is 32.8 Å². The highest BCUT2D eigenvalue weighted by molar-refractivity contribution is 5.90. The molecule has 23 heavy (non-hydrogen) atoms. The molecule has 0 bridgehead atoms. The van der Waals surface area contributed by atoms with Crippen LogP contribution >= 0.6 is 0 Å². The van der Waals surface area contributed by atoms with Crippen LogP contribution < -0.4 is 10.1 Å². The topological polar surface area (TPSA) is 47.6 Å². The zero-order valence-corrected chi connectivity index (χ0v) is 13.8. The van der Waals surface area contributed by atoms with Gasteiger partial charge in [0.25, 0.3) is 0 Å². The number of carbonyl (C=O) groups excluding carboxylic acids is 1. The molecule has 3 rings (SSSR count). The maximum atomic E-state index is 14.2. The Morgan fingerprint density at radius 1 is 1.35 bits per heavy atom. The Hall–Kier alpha value is -1.62. The summed E-state index contributed by atoms with van der Waals surface area (Å²) in [6.07, 6.45) is 4.22. The van der Waals surface area contributed by atoms with Crippen molar-refractivity contribution in [2.45, 2.75) is 38.5 Å². The van der Waals surface area contributed by atoms with Crippen molar-refractivity contribution in [3.05, 3.63) is 29.1 Å². The molecule has 0 radical (unpaired) electrons. The highest BCUT2D eigenvalue weighted by Gasteiger charge is 2.32. The molecule has 1 saturated heterocycles. The maximum Gasteiger partial charge on any atom is 0.340 e. The Labute approximate surface area is 136 Å². The first kappa shape index (κ1) is 16.2. The fraction of sp³-hybridized carbons (Fsp3) is 0.611. The largest absolute Gasteiger partial charge is 0.493 e. The van der Waals surface area contributed by atoms with Gasteiger partial charge in [-0.15, -0.1) is 0 Å². The van der Waals surface area contributed by atoms with Gasteiger partial charge in [-0.3, -0.25) is 0 Å². The van der Waals surface area contributed by atoms with Gasteiger partial charge in [-0.25, -0.2) is 9.18 Å². The van der Waals surface area contributed by atoms with E-state index in [1.165, 1.54) is 13.2 Å². The molecule has 2 fully saturated rings. The van der Waals surface area contributed by atoms with Gasteiger partial charge in [0, 0.05) is 11.5 Å². The van der Waals surface area contributed by atoms with Gasteiger partial charge in [-0.1, -0.05) is 6.92 Å². The third kappa shape index (κ3) is 3.66. The van der Waals surface area contributed by atoms with E-state index >= 15 is 0 Å². The molecule has 4 nitrogen and oxygen atoms in total. The molecule has 0 amide bonds. The van der Waals surface area contributed by atoms with E-state index in [1.807, 2.05) is 0 Å². The van der Waals surface area contributed by atoms with E-state index < -0.39 is 11.8 Å². The lowest BCUT2D eigenvalue weighted by atomic mass is 9.82. The zero-order chi connectivity index (χ0) is 16.4. The molecule has 0 aromatic heterocycles. The minimum Gasteiger partial charge on any atom is -0.493 e. The predicted octanol–water partition coefficient (Wildman–Crippen LogP) is 3.26. The fourth-order valence-corrected chi connectivity index (χ4v) is 3.10. The molecule has 1 aromatic rings. The number of rotatable bonds is 5. The van der Waals surface area contributed by atoms with E-state index in [0.29, 0.717) is 18.3 Å². The Bertz CT molecular complexity index is 592. The Balaban J connectivity index is 1.80. The molecule has 1 heterocycles. The normalized spacial score (nSPS) is 20.1. The first-order valence-corrected chi connectivity index (χ1v) is 8.28. The standard InChI is InChI=1S/C18H24FNO3/c1-18(5-7-20-8-6-18)11-23-16-10-15(19)14(17(21)22-2)9-13(16)12-3-4-12/h9-10,12,20H,3-8,11H2,1-2H3. The first-order chi connectivity index (χ1) is 11.0. The highest BCUT2D eigenvalue weighted by atomic mass is 19.1. The molecule has 1 saturated carbocycles. The van der Waals surface area contributed by atoms with Crippen LogP contribution in [0.25, 0.3) is 0 Å². The van der Waals surface area contributed by atoms with Gasteiger partial charge in [0.1, 0.15) is 11.6 Å². The molecule has 1 aliphatic heterocycles.